The van der Waals surface area contributed by atoms with Gasteiger partial charge < -0.3 is 75.4 Å². The number of amides is 8. The van der Waals surface area contributed by atoms with Crippen molar-refractivity contribution in [2.24, 2.45) is 46.6 Å². The van der Waals surface area contributed by atoms with Gasteiger partial charge in [0.15, 0.2) is 5.78 Å². The molecule has 12 atom stereocenters. The molecule has 2 aliphatic heterocycles. The number of nitrogens with one attached hydrogen (secondary N) is 11. The highest BCUT2D eigenvalue weighted by atomic mass is 33.1. The minimum absolute atomic E-state index is 0.00296. The zero-order valence-electron chi connectivity index (χ0n) is 62.8. The Hall–Kier alpha value is -9.62. The predicted octanol–water partition coefficient (Wildman–Crippen LogP) is 4.83. The third kappa shape index (κ3) is 26.9. The predicted molar refractivity (Wildman–Crippen MR) is 425 cm³/mol. The summed E-state index contributed by atoms with van der Waals surface area (Å²) in [5.41, 5.74) is 26.6. The molecule has 0 radical (unpaired) electrons. The molecular weight excluding hydrogens is 1440 g/mol. The maximum Gasteiger partial charge on any atom is 0.244 e. The zero-order chi connectivity index (χ0) is 79.1. The first kappa shape index (κ1) is 86.0. The van der Waals surface area contributed by atoms with Gasteiger partial charge in [0.25, 0.3) is 0 Å². The molecule has 30 heteroatoms. The van der Waals surface area contributed by atoms with Crippen LogP contribution in [0.15, 0.2) is 116 Å². The number of nitrogens with zero attached hydrogens (tertiary/aromatic N) is 1. The topological polar surface area (TPSA) is 473 Å². The summed E-state index contributed by atoms with van der Waals surface area (Å²) in [6.45, 7) is 3.74. The molecule has 8 rings (SSSR count). The third-order valence-corrected chi connectivity index (χ3v) is 22.8. The van der Waals surface area contributed by atoms with Crippen LogP contribution in [0.2, 0.25) is 0 Å². The average molecular weight is 1550 g/mol. The van der Waals surface area contributed by atoms with Crippen LogP contribution in [-0.2, 0) is 83.2 Å². The molecular formula is C80H108N16O12S2. The number of carbonyl (C=O) groups excluding carboxylic acids is 12. The maximum atomic E-state index is 15.7. The Labute approximate surface area is 649 Å². The van der Waals surface area contributed by atoms with Crippen LogP contribution in [0, 0.1) is 29.1 Å². The van der Waals surface area contributed by atoms with Crippen molar-refractivity contribution in [1.29, 1.82) is 5.41 Å². The Morgan fingerprint density at radius 1 is 0.455 bits per heavy atom. The van der Waals surface area contributed by atoms with Gasteiger partial charge in [-0.1, -0.05) is 132 Å². The molecule has 28 nitrogen and oxygen atoms in total. The molecule has 592 valence electrons. The summed E-state index contributed by atoms with van der Waals surface area (Å²) in [5.74, 6) is -13.1. The van der Waals surface area contributed by atoms with Crippen molar-refractivity contribution in [2.75, 3.05) is 31.1 Å². The Morgan fingerprint density at radius 3 is 1.68 bits per heavy atom. The van der Waals surface area contributed by atoms with Gasteiger partial charge in [-0.3, -0.25) is 62.9 Å². The largest absolute Gasteiger partial charge is 0.388 e. The number of carbonyl (C=O) groups is 12. The van der Waals surface area contributed by atoms with Crippen molar-refractivity contribution in [2.45, 2.75) is 197 Å². The van der Waals surface area contributed by atoms with E-state index in [1.807, 2.05) is 60.7 Å². The summed E-state index contributed by atoms with van der Waals surface area (Å²) >= 11 is 0. The second-order valence-electron chi connectivity index (χ2n) is 28.9. The fourth-order valence-corrected chi connectivity index (χ4v) is 16.3. The number of fused-ring (bicyclic) bond motifs is 7. The smallest absolute Gasteiger partial charge is 0.244 e. The number of aromatic nitrogens is 3. The number of rotatable bonds is 25. The van der Waals surface area contributed by atoms with Gasteiger partial charge in [0, 0.05) is 116 Å². The summed E-state index contributed by atoms with van der Waals surface area (Å²) in [4.78, 5) is 192. The first-order valence-corrected chi connectivity index (χ1v) is 40.7. The van der Waals surface area contributed by atoms with E-state index in [9.17, 15) is 19.2 Å². The van der Waals surface area contributed by atoms with E-state index in [1.54, 1.807) is 49.5 Å². The van der Waals surface area contributed by atoms with E-state index in [4.69, 9.17) is 28.3 Å². The lowest BCUT2D eigenvalue weighted by Gasteiger charge is -2.28. The van der Waals surface area contributed by atoms with Gasteiger partial charge in [0.2, 0.25) is 47.3 Å². The highest BCUT2D eigenvalue weighted by Gasteiger charge is 2.39. The van der Waals surface area contributed by atoms with Crippen LogP contribution in [0.1, 0.15) is 145 Å². The normalized spacial score (nSPS) is 24.3. The Balaban J connectivity index is 1.26. The van der Waals surface area contributed by atoms with Crippen molar-refractivity contribution >= 4 is 119 Å². The number of hydrogen-bond donors (Lipinski definition) is 15. The molecule has 6 aromatic rings. The van der Waals surface area contributed by atoms with Gasteiger partial charge in [-0.2, -0.15) is 0 Å². The zero-order valence-corrected chi connectivity index (χ0v) is 64.4. The summed E-state index contributed by atoms with van der Waals surface area (Å²) in [6, 6.07) is 18.2. The molecule has 2 bridgehead atoms. The molecule has 8 amide bonds. The molecule has 2 aliphatic rings. The number of imidazole rings is 1. The van der Waals surface area contributed by atoms with E-state index < -0.39 is 155 Å². The number of Topliss-reactive ketones (excluding diaryl/α,β-unsaturated/α-hetero) is 4. The monoisotopic (exact) mass is 1550 g/mol. The number of unbranched alkanes of at least 4 members (excludes halogenated alkanes) is 4. The highest BCUT2D eigenvalue weighted by Crippen LogP contribution is 2.32. The Kier molecular flexibility index (Phi) is 34.6. The number of H-pyrrole nitrogens is 2. The minimum atomic E-state index is -1.54. The first-order chi connectivity index (χ1) is 53.0. The van der Waals surface area contributed by atoms with Gasteiger partial charge in [-0.05, 0) is 131 Å². The van der Waals surface area contributed by atoms with E-state index >= 15 is 38.4 Å². The average Bonchev–Trinajstić information content (AvgIpc) is 1.64. The Bertz CT molecular complexity index is 4120. The maximum absolute atomic E-state index is 15.7. The number of hydrogen-bond acceptors (Lipinski definition) is 19. The molecule has 0 saturated carbocycles. The van der Waals surface area contributed by atoms with Crippen molar-refractivity contribution in [1.82, 2.24) is 57.5 Å². The molecule has 19 N–H and O–H groups in total. The lowest BCUT2D eigenvalue weighted by atomic mass is 9.82. The lowest BCUT2D eigenvalue weighted by molar-refractivity contribution is -0.136. The second kappa shape index (κ2) is 44.3. The number of nitrogens with two attached hydrogens (primary N) is 4. The van der Waals surface area contributed by atoms with Crippen LogP contribution in [0.5, 0.6) is 0 Å². The first-order valence-electron chi connectivity index (χ1n) is 38.3. The fraction of sp³-hybridized carbons (Fsp3) is 0.500. The van der Waals surface area contributed by atoms with E-state index in [2.05, 4.69) is 57.5 Å². The molecule has 0 unspecified atom stereocenters. The van der Waals surface area contributed by atoms with Crippen LogP contribution in [0.3, 0.4) is 0 Å². The fourth-order valence-electron chi connectivity index (χ4n) is 13.8. The minimum Gasteiger partial charge on any atom is -0.388 e. The van der Waals surface area contributed by atoms with Gasteiger partial charge in [-0.15, -0.1) is 0 Å². The number of benzene rings is 4. The summed E-state index contributed by atoms with van der Waals surface area (Å²) in [6.07, 6.45) is 6.19. The number of para-hydroxylation sites is 1. The van der Waals surface area contributed by atoms with E-state index in [-0.39, 0.29) is 101 Å². The van der Waals surface area contributed by atoms with Gasteiger partial charge >= 0.3 is 0 Å². The molecule has 2 saturated heterocycles. The van der Waals surface area contributed by atoms with Gasteiger partial charge in [0.1, 0.15) is 59.6 Å². The number of ketones is 4. The SMILES string of the molecule is C[C@@H]1CC(=O)[C@@H]2CSSC[C@H](NC(=O)[C@H](Cc3c[nH]c4ccccc34)NC(=O)[C@H](CCCCN)NC(=O)[C@H](CCCCN)NC(=O)[C@H](CCCCN)CC1=O)C(=O)N[C@@H](C)C(=O)N[C@@H](Cc1cnc[nH]1)C(=O)N[C@H](Cc1ccccc1)C(=O)N[C@@H](CCCCC(=N)N)C(=O)C[C@@H](Cc1ccc3ccccc3c1)C(=O)C2. The van der Waals surface area contributed by atoms with Crippen molar-refractivity contribution in [3.05, 3.63) is 138 Å². The number of amidine groups is 1. The van der Waals surface area contributed by atoms with Crippen LogP contribution in [-0.4, -0.2) is 171 Å². The van der Waals surface area contributed by atoms with Crippen LogP contribution >= 0.6 is 21.6 Å². The summed E-state index contributed by atoms with van der Waals surface area (Å²) in [7, 11) is 2.14. The molecule has 4 aromatic carbocycles. The third-order valence-electron chi connectivity index (χ3n) is 20.3. The van der Waals surface area contributed by atoms with Crippen LogP contribution in [0.25, 0.3) is 21.7 Å². The van der Waals surface area contributed by atoms with E-state index in [1.165, 1.54) is 19.4 Å². The standard InChI is InChI=1S/C80H108N16O12S2/c1-48-34-69(98)57-41-70(99)55(36-51-29-30-52-20-6-7-21-53(52)35-51)40-71(100)61(25-10-11-28-72(84)85)90-77(105)64(37-50-18-4-3-5-19-50)94-79(107)66(42-58-44-86-47-88-58)93-73(101)49(2)89-80(108)67(46-110-109-45-57)96-78(106)65(38-56-43-87-60-24-9-8-23-59(56)60)95-76(104)63(27-14-17-33-83)92-75(103)62(26-13-16-32-82)91-74(102)54(39-68(48)97)22-12-15-31-81/h3-9,18-21,23-24,29-30,35,43-44,47-49,54-55,57,61-67,87H,10-17,22,25-28,31-34,36-42,45-46,81-83H2,1-2H3,(H3,84,85)(H,86,88)(H,89,108)(H,90,105)(H,91,102)(H,92,103)(H,93,101)(H,94,107)(H,95,104)(H,96,106)/t48-,49+,54-,55-,57+,61+,62+,63+,64-,65+,66+,67+/m1/s1. The molecule has 0 spiro atoms. The second-order valence-corrected chi connectivity index (χ2v) is 31.5. The molecule has 2 fully saturated rings. The van der Waals surface area contributed by atoms with Crippen molar-refractivity contribution in [3.63, 3.8) is 0 Å². The van der Waals surface area contributed by atoms with Crippen LogP contribution in [0.4, 0.5) is 0 Å². The van der Waals surface area contributed by atoms with Crippen LogP contribution < -0.4 is 65.5 Å². The molecule has 0 aliphatic carbocycles. The van der Waals surface area contributed by atoms with Gasteiger partial charge in [-0.25, -0.2) is 4.98 Å². The summed E-state index contributed by atoms with van der Waals surface area (Å²) in [5, 5.41) is 33.2. The van der Waals surface area contributed by atoms with Gasteiger partial charge in [0.05, 0.1) is 18.2 Å². The van der Waals surface area contributed by atoms with Crippen molar-refractivity contribution < 1.29 is 57.5 Å². The number of aromatic amines is 2. The quantitative estimate of drug-likeness (QED) is 0.0158. The van der Waals surface area contributed by atoms with E-state index in [0.717, 1.165) is 32.4 Å². The lowest BCUT2D eigenvalue weighted by Crippen LogP contribution is -2.61. The summed E-state index contributed by atoms with van der Waals surface area (Å²) < 4.78 is 0. The Morgan fingerprint density at radius 2 is 1.01 bits per heavy atom. The van der Waals surface area contributed by atoms with Crippen molar-refractivity contribution in [3.8, 4) is 0 Å². The molecule has 2 aromatic heterocycles. The highest BCUT2D eigenvalue weighted by molar-refractivity contribution is 8.76. The van der Waals surface area contributed by atoms with E-state index in [0.29, 0.717) is 91.2 Å². The molecule has 4 heterocycles. The molecule has 110 heavy (non-hydrogen) atoms.